The van der Waals surface area contributed by atoms with E-state index in [1.54, 1.807) is 27.9 Å². The van der Waals surface area contributed by atoms with Gasteiger partial charge in [0, 0.05) is 25.6 Å². The van der Waals surface area contributed by atoms with Crippen molar-refractivity contribution in [2.45, 2.75) is 37.2 Å². The first kappa shape index (κ1) is 25.8. The lowest BCUT2D eigenvalue weighted by Gasteiger charge is -2.34. The maximum absolute atomic E-state index is 15.1. The van der Waals surface area contributed by atoms with Gasteiger partial charge in [0.2, 0.25) is 11.8 Å². The SMILES string of the molecule is Cc1noc(COc2cnc(/C(F)=C/c3ccc(F)c([C@@]4(C)N=C(N)S[C@@]5(C(=O)N(C)C)C[C@H]54)c3)cn2)n1. The van der Waals surface area contributed by atoms with Gasteiger partial charge < -0.3 is 19.9 Å². The second-order valence-corrected chi connectivity index (χ2v) is 10.9. The van der Waals surface area contributed by atoms with Gasteiger partial charge in [-0.3, -0.25) is 9.79 Å². The van der Waals surface area contributed by atoms with Gasteiger partial charge in [-0.1, -0.05) is 23.0 Å². The molecule has 2 N–H and O–H groups in total. The molecule has 10 nitrogen and oxygen atoms in total. The maximum atomic E-state index is 15.1. The third kappa shape index (κ3) is 4.62. The monoisotopic (exact) mass is 541 g/mol. The Bertz CT molecular complexity index is 1460. The number of thioether (sulfide) groups is 1. The molecule has 3 aromatic rings. The quantitative estimate of drug-likeness (QED) is 0.477. The number of nitrogens with two attached hydrogens (primary N) is 1. The second kappa shape index (κ2) is 9.46. The van der Waals surface area contributed by atoms with E-state index >= 15 is 8.78 Å². The van der Waals surface area contributed by atoms with Crippen molar-refractivity contribution in [1.82, 2.24) is 25.0 Å². The van der Waals surface area contributed by atoms with E-state index in [2.05, 4.69) is 25.1 Å². The van der Waals surface area contributed by atoms with Crippen LogP contribution in [0.5, 0.6) is 5.88 Å². The lowest BCUT2D eigenvalue weighted by atomic mass is 9.84. The zero-order chi connectivity index (χ0) is 27.2. The smallest absolute Gasteiger partial charge is 0.264 e. The van der Waals surface area contributed by atoms with Gasteiger partial charge in [0.15, 0.2) is 23.4 Å². The van der Waals surface area contributed by atoms with Crippen LogP contribution in [0.25, 0.3) is 11.9 Å². The van der Waals surface area contributed by atoms with Crippen molar-refractivity contribution in [2.24, 2.45) is 16.6 Å². The number of aliphatic imine (C=N–C) groups is 1. The van der Waals surface area contributed by atoms with Crippen LogP contribution < -0.4 is 10.5 Å². The first-order chi connectivity index (χ1) is 18.0. The number of aromatic nitrogens is 4. The van der Waals surface area contributed by atoms with Crippen molar-refractivity contribution in [3.05, 3.63) is 64.9 Å². The molecular weight excluding hydrogens is 516 g/mol. The number of benzene rings is 1. The molecule has 1 saturated carbocycles. The summed E-state index contributed by atoms with van der Waals surface area (Å²) in [6.07, 6.45) is 4.24. The zero-order valence-corrected chi connectivity index (χ0v) is 21.9. The summed E-state index contributed by atoms with van der Waals surface area (Å²) in [6.45, 7) is 3.44. The van der Waals surface area contributed by atoms with E-state index in [-0.39, 0.29) is 46.6 Å². The van der Waals surface area contributed by atoms with Crippen LogP contribution in [-0.2, 0) is 16.9 Å². The largest absolute Gasteiger partial charge is 0.466 e. The van der Waals surface area contributed by atoms with Crippen molar-refractivity contribution in [3.8, 4) is 5.88 Å². The summed E-state index contributed by atoms with van der Waals surface area (Å²) >= 11 is 1.22. The standard InChI is InChI=1S/C25H25F2N7O3S/c1-13-31-21(37-33-13)12-36-20-11-29-18(10-30-20)17(27)8-14-5-6-16(26)15(7-14)24(2)19-9-25(19,22(35)34(3)4)38-23(28)32-24/h5-8,10-11,19H,9,12H2,1-4H3,(H2,28,32)/b17-8-/t19-,24+,25-/m0/s1. The van der Waals surface area contributed by atoms with Gasteiger partial charge >= 0.3 is 0 Å². The van der Waals surface area contributed by atoms with E-state index in [1.807, 2.05) is 0 Å². The minimum absolute atomic E-state index is 0.00175. The molecule has 1 aromatic carbocycles. The number of ether oxygens (including phenoxy) is 1. The average molecular weight is 542 g/mol. The first-order valence-corrected chi connectivity index (χ1v) is 12.5. The predicted octanol–water partition coefficient (Wildman–Crippen LogP) is 3.48. The summed E-state index contributed by atoms with van der Waals surface area (Å²) in [5, 5.41) is 3.88. The van der Waals surface area contributed by atoms with E-state index in [9.17, 15) is 4.79 Å². The highest BCUT2D eigenvalue weighted by Crippen LogP contribution is 2.66. The fourth-order valence-corrected chi connectivity index (χ4v) is 6.22. The Morgan fingerprint density at radius 3 is 2.79 bits per heavy atom. The Morgan fingerprint density at radius 1 is 1.34 bits per heavy atom. The van der Waals surface area contributed by atoms with Crippen molar-refractivity contribution < 1.29 is 22.8 Å². The highest BCUT2D eigenvalue weighted by Gasteiger charge is 2.71. The molecule has 0 spiro atoms. The lowest BCUT2D eigenvalue weighted by molar-refractivity contribution is -0.129. The number of amidine groups is 1. The Labute approximate surface area is 221 Å². The number of fused-ring (bicyclic) bond motifs is 1. The lowest BCUT2D eigenvalue weighted by Crippen LogP contribution is -2.43. The number of rotatable bonds is 7. The van der Waals surface area contributed by atoms with Crippen LogP contribution in [0, 0.1) is 18.7 Å². The number of hydrogen-bond donors (Lipinski definition) is 1. The summed E-state index contributed by atoms with van der Waals surface area (Å²) in [5.74, 6) is -0.620. The number of carbonyl (C=O) groups excluding carboxylic acids is 1. The molecule has 3 heterocycles. The molecule has 1 fully saturated rings. The van der Waals surface area contributed by atoms with Gasteiger partial charge in [-0.2, -0.15) is 4.98 Å². The highest BCUT2D eigenvalue weighted by atomic mass is 32.2. The number of hydrogen-bond acceptors (Lipinski definition) is 10. The fourth-order valence-electron chi connectivity index (χ4n) is 4.72. The summed E-state index contributed by atoms with van der Waals surface area (Å²) in [6, 6.07) is 4.24. The van der Waals surface area contributed by atoms with Crippen molar-refractivity contribution in [1.29, 1.82) is 0 Å². The van der Waals surface area contributed by atoms with Crippen LogP contribution in [0.1, 0.15) is 41.9 Å². The van der Waals surface area contributed by atoms with Gasteiger partial charge in [-0.15, -0.1) is 0 Å². The Morgan fingerprint density at radius 2 is 2.13 bits per heavy atom. The molecular formula is C25H25F2N7O3S. The summed E-state index contributed by atoms with van der Waals surface area (Å²) < 4.78 is 39.8. The Hall–Kier alpha value is -3.87. The second-order valence-electron chi connectivity index (χ2n) is 9.54. The van der Waals surface area contributed by atoms with Gasteiger partial charge in [0.1, 0.15) is 16.3 Å². The third-order valence-corrected chi connectivity index (χ3v) is 7.89. The molecule has 13 heteroatoms. The van der Waals surface area contributed by atoms with Crippen molar-refractivity contribution >= 4 is 34.7 Å². The highest BCUT2D eigenvalue weighted by molar-refractivity contribution is 8.15. The predicted molar refractivity (Wildman–Crippen MR) is 137 cm³/mol. The van der Waals surface area contributed by atoms with Crippen molar-refractivity contribution in [3.63, 3.8) is 0 Å². The summed E-state index contributed by atoms with van der Waals surface area (Å²) in [5.41, 5.74) is 5.64. The molecule has 0 bridgehead atoms. The number of halogens is 2. The average Bonchev–Trinajstić information content (AvgIpc) is 3.49. The molecule has 0 unspecified atom stereocenters. The molecule has 1 aliphatic heterocycles. The van der Waals surface area contributed by atoms with Gasteiger partial charge in [-0.25, -0.2) is 18.7 Å². The molecule has 5 rings (SSSR count). The zero-order valence-electron chi connectivity index (χ0n) is 21.1. The number of aryl methyl sites for hydroxylation is 1. The van der Waals surface area contributed by atoms with Crippen molar-refractivity contribution in [2.75, 3.05) is 14.1 Å². The van der Waals surface area contributed by atoms with Crippen LogP contribution in [0.2, 0.25) is 0 Å². The summed E-state index contributed by atoms with van der Waals surface area (Å²) in [4.78, 5) is 31.1. The van der Waals surface area contributed by atoms with E-state index in [0.717, 1.165) is 0 Å². The molecule has 1 amide bonds. The van der Waals surface area contributed by atoms with Crippen LogP contribution >= 0.6 is 11.8 Å². The van der Waals surface area contributed by atoms with E-state index in [0.29, 0.717) is 17.8 Å². The molecule has 1 aliphatic carbocycles. The molecule has 198 valence electrons. The molecule has 3 atom stereocenters. The molecule has 0 radical (unpaired) electrons. The van der Waals surface area contributed by atoms with Gasteiger partial charge in [-0.05, 0) is 44.0 Å². The number of amides is 1. The Balaban J connectivity index is 1.37. The topological polar surface area (TPSA) is 133 Å². The number of carbonyl (C=O) groups is 1. The maximum Gasteiger partial charge on any atom is 0.264 e. The van der Waals surface area contributed by atoms with E-state index in [4.69, 9.17) is 15.0 Å². The van der Waals surface area contributed by atoms with Crippen LogP contribution in [0.15, 0.2) is 40.1 Å². The minimum atomic E-state index is -1.08. The minimum Gasteiger partial charge on any atom is -0.466 e. The van der Waals surface area contributed by atoms with Crippen LogP contribution in [0.4, 0.5) is 8.78 Å². The summed E-state index contributed by atoms with van der Waals surface area (Å²) in [7, 11) is 3.36. The van der Waals surface area contributed by atoms with Gasteiger partial charge in [0.05, 0.1) is 17.9 Å². The molecule has 38 heavy (non-hydrogen) atoms. The van der Waals surface area contributed by atoms with Gasteiger partial charge in [0.25, 0.3) is 5.89 Å². The Kier molecular flexibility index (Phi) is 6.41. The molecule has 0 saturated heterocycles. The van der Waals surface area contributed by atoms with E-state index in [1.165, 1.54) is 53.3 Å². The fraction of sp³-hybridized carbons (Fsp3) is 0.360. The molecule has 2 aliphatic rings. The molecule has 2 aromatic heterocycles. The first-order valence-electron chi connectivity index (χ1n) is 11.7. The van der Waals surface area contributed by atoms with Crippen LogP contribution in [0.3, 0.4) is 0 Å². The van der Waals surface area contributed by atoms with Crippen LogP contribution in [-0.4, -0.2) is 54.9 Å². The van der Waals surface area contributed by atoms with E-state index < -0.39 is 21.9 Å². The third-order valence-electron chi connectivity index (χ3n) is 6.60. The number of nitrogens with zero attached hydrogens (tertiary/aromatic N) is 6. The normalized spacial score (nSPS) is 24.4.